The van der Waals surface area contributed by atoms with Crippen LogP contribution in [0.5, 0.6) is 0 Å². The van der Waals surface area contributed by atoms with Crippen LogP contribution >= 0.6 is 23.1 Å². The van der Waals surface area contributed by atoms with E-state index < -0.39 is 0 Å². The minimum Gasteiger partial charge on any atom is -0.312 e. The van der Waals surface area contributed by atoms with Crippen LogP contribution in [0.2, 0.25) is 0 Å². The fraction of sp³-hybridized carbons (Fsp3) is 0.765. The monoisotopic (exact) mass is 307 g/mol. The van der Waals surface area contributed by atoms with E-state index in [4.69, 9.17) is 0 Å². The Morgan fingerprint density at radius 1 is 1.35 bits per heavy atom. The van der Waals surface area contributed by atoms with E-state index in [-0.39, 0.29) is 0 Å². The number of hydrogen-bond acceptors (Lipinski definition) is 3. The molecule has 0 spiro atoms. The van der Waals surface area contributed by atoms with Crippen LogP contribution in [0.25, 0.3) is 0 Å². The lowest BCUT2D eigenvalue weighted by Gasteiger charge is -2.26. The van der Waals surface area contributed by atoms with E-state index in [9.17, 15) is 0 Å². The number of thiophene rings is 1. The smallest absolute Gasteiger partial charge is 0.0415 e. The molecule has 4 rings (SSSR count). The molecule has 2 aliphatic carbocycles. The predicted molar refractivity (Wildman–Crippen MR) is 89.5 cm³/mol. The Morgan fingerprint density at radius 2 is 2.30 bits per heavy atom. The third-order valence-corrected chi connectivity index (χ3v) is 8.12. The molecule has 1 N–H and O–H groups in total. The first-order valence-electron chi connectivity index (χ1n) is 8.20. The molecule has 0 radical (unpaired) electrons. The van der Waals surface area contributed by atoms with Crippen molar-refractivity contribution in [3.63, 3.8) is 0 Å². The van der Waals surface area contributed by atoms with Gasteiger partial charge in [-0.05, 0) is 74.3 Å². The van der Waals surface area contributed by atoms with E-state index in [1.54, 1.807) is 21.7 Å². The van der Waals surface area contributed by atoms with E-state index in [1.165, 1.54) is 43.6 Å². The Hall–Kier alpha value is 0.01000. The molecule has 0 amide bonds. The van der Waals surface area contributed by atoms with Gasteiger partial charge in [0, 0.05) is 21.5 Å². The second-order valence-corrected chi connectivity index (χ2v) is 9.19. The SMILES string of the molecule is CNC(CC1CC2CCC1C2)c1cc2c(s1)CCSC2. The zero-order valence-corrected chi connectivity index (χ0v) is 14.0. The van der Waals surface area contributed by atoms with Crippen LogP contribution < -0.4 is 5.32 Å². The van der Waals surface area contributed by atoms with Gasteiger partial charge in [0.2, 0.25) is 0 Å². The van der Waals surface area contributed by atoms with Crippen LogP contribution in [0.3, 0.4) is 0 Å². The molecule has 0 aromatic carbocycles. The van der Waals surface area contributed by atoms with E-state index in [0.717, 1.165) is 17.8 Å². The first-order chi connectivity index (χ1) is 9.83. The molecule has 2 fully saturated rings. The minimum atomic E-state index is 0.611. The summed E-state index contributed by atoms with van der Waals surface area (Å²) in [5.74, 6) is 5.70. The van der Waals surface area contributed by atoms with Gasteiger partial charge in [0.05, 0.1) is 0 Å². The van der Waals surface area contributed by atoms with Crippen LogP contribution in [-0.4, -0.2) is 12.8 Å². The molecule has 20 heavy (non-hydrogen) atoms. The average Bonchev–Trinajstić information content (AvgIpc) is 3.18. The fourth-order valence-electron chi connectivity index (χ4n) is 4.69. The molecule has 1 aromatic rings. The summed E-state index contributed by atoms with van der Waals surface area (Å²) in [6.45, 7) is 0. The maximum atomic E-state index is 3.62. The van der Waals surface area contributed by atoms with E-state index >= 15 is 0 Å². The highest BCUT2D eigenvalue weighted by Crippen LogP contribution is 2.51. The molecular weight excluding hydrogens is 282 g/mol. The molecule has 2 saturated carbocycles. The molecule has 4 unspecified atom stereocenters. The van der Waals surface area contributed by atoms with Crippen LogP contribution in [0.15, 0.2) is 6.07 Å². The van der Waals surface area contributed by atoms with Gasteiger partial charge in [0.15, 0.2) is 0 Å². The normalized spacial score (nSPS) is 33.4. The van der Waals surface area contributed by atoms with Crippen molar-refractivity contribution < 1.29 is 0 Å². The number of aryl methyl sites for hydroxylation is 1. The largest absolute Gasteiger partial charge is 0.312 e. The molecule has 4 atom stereocenters. The van der Waals surface area contributed by atoms with Gasteiger partial charge in [-0.25, -0.2) is 0 Å². The molecule has 3 heteroatoms. The summed E-state index contributed by atoms with van der Waals surface area (Å²) < 4.78 is 0. The Labute approximate surface area is 130 Å². The maximum Gasteiger partial charge on any atom is 0.0415 e. The van der Waals surface area contributed by atoms with Crippen molar-refractivity contribution in [2.24, 2.45) is 17.8 Å². The van der Waals surface area contributed by atoms with Crippen molar-refractivity contribution in [1.29, 1.82) is 0 Å². The highest BCUT2D eigenvalue weighted by atomic mass is 32.2. The fourth-order valence-corrected chi connectivity index (χ4v) is 7.19. The summed E-state index contributed by atoms with van der Waals surface area (Å²) in [6, 6.07) is 3.13. The van der Waals surface area contributed by atoms with Gasteiger partial charge in [0.1, 0.15) is 0 Å². The predicted octanol–water partition coefficient (Wildman–Crippen LogP) is 4.62. The second kappa shape index (κ2) is 5.66. The van der Waals surface area contributed by atoms with E-state index in [2.05, 4.69) is 41.5 Å². The van der Waals surface area contributed by atoms with Crippen LogP contribution in [0.4, 0.5) is 0 Å². The molecule has 0 saturated heterocycles. The number of rotatable bonds is 4. The van der Waals surface area contributed by atoms with Crippen LogP contribution in [0.1, 0.15) is 53.5 Å². The Morgan fingerprint density at radius 3 is 3.00 bits per heavy atom. The topological polar surface area (TPSA) is 12.0 Å². The van der Waals surface area contributed by atoms with Crippen molar-refractivity contribution in [2.45, 2.75) is 50.3 Å². The van der Waals surface area contributed by atoms with Crippen molar-refractivity contribution in [1.82, 2.24) is 5.32 Å². The minimum absolute atomic E-state index is 0.611. The molecule has 3 aliphatic rings. The quantitative estimate of drug-likeness (QED) is 0.871. The highest BCUT2D eigenvalue weighted by molar-refractivity contribution is 7.98. The first kappa shape index (κ1) is 13.7. The van der Waals surface area contributed by atoms with Crippen molar-refractivity contribution >= 4 is 23.1 Å². The molecule has 1 nitrogen and oxygen atoms in total. The lowest BCUT2D eigenvalue weighted by atomic mass is 9.84. The molecule has 2 heterocycles. The Balaban J connectivity index is 1.48. The third-order valence-electron chi connectivity index (χ3n) is 5.76. The van der Waals surface area contributed by atoms with Crippen molar-refractivity contribution in [3.05, 3.63) is 21.4 Å². The zero-order chi connectivity index (χ0) is 13.5. The molecule has 2 bridgehead atoms. The van der Waals surface area contributed by atoms with Crippen molar-refractivity contribution in [2.75, 3.05) is 12.8 Å². The number of thioether (sulfide) groups is 1. The zero-order valence-electron chi connectivity index (χ0n) is 12.4. The van der Waals surface area contributed by atoms with Crippen LogP contribution in [-0.2, 0) is 12.2 Å². The molecule has 110 valence electrons. The van der Waals surface area contributed by atoms with E-state index in [1.807, 2.05) is 0 Å². The summed E-state index contributed by atoms with van der Waals surface area (Å²) in [6.07, 6.45) is 8.78. The number of fused-ring (bicyclic) bond motifs is 3. The lowest BCUT2D eigenvalue weighted by Crippen LogP contribution is -2.21. The van der Waals surface area contributed by atoms with Gasteiger partial charge >= 0.3 is 0 Å². The molecular formula is C17H25NS2. The van der Waals surface area contributed by atoms with Gasteiger partial charge in [-0.15, -0.1) is 11.3 Å². The summed E-state index contributed by atoms with van der Waals surface area (Å²) >= 11 is 4.19. The highest BCUT2D eigenvalue weighted by Gasteiger charge is 2.40. The van der Waals surface area contributed by atoms with Gasteiger partial charge in [0.25, 0.3) is 0 Å². The summed E-state index contributed by atoms with van der Waals surface area (Å²) in [7, 11) is 2.16. The lowest BCUT2D eigenvalue weighted by molar-refractivity contribution is 0.285. The Bertz CT molecular complexity index is 458. The summed E-state index contributed by atoms with van der Waals surface area (Å²) in [4.78, 5) is 3.29. The number of hydrogen-bond donors (Lipinski definition) is 1. The van der Waals surface area contributed by atoms with E-state index in [0.29, 0.717) is 6.04 Å². The Kier molecular flexibility index (Phi) is 3.86. The first-order valence-corrected chi connectivity index (χ1v) is 10.2. The maximum absolute atomic E-state index is 3.62. The second-order valence-electron chi connectivity index (χ2n) is 6.91. The average molecular weight is 308 g/mol. The van der Waals surface area contributed by atoms with Crippen LogP contribution in [0, 0.1) is 17.8 Å². The van der Waals surface area contributed by atoms with Crippen molar-refractivity contribution in [3.8, 4) is 0 Å². The molecule has 1 aliphatic heterocycles. The summed E-state index contributed by atoms with van der Waals surface area (Å²) in [5, 5.41) is 3.62. The molecule has 1 aromatic heterocycles. The standard InChI is InChI=1S/C17H25NS2/c1-18-15(8-13-7-11-2-3-12(13)6-11)17-9-14-10-19-5-4-16(14)20-17/h9,11-13,15,18H,2-8,10H2,1H3. The van der Waals surface area contributed by atoms with Gasteiger partial charge in [-0.3, -0.25) is 0 Å². The van der Waals surface area contributed by atoms with Gasteiger partial charge in [-0.2, -0.15) is 11.8 Å². The third kappa shape index (κ3) is 2.46. The number of nitrogens with one attached hydrogen (secondary N) is 1. The van der Waals surface area contributed by atoms with Gasteiger partial charge in [-0.1, -0.05) is 6.42 Å². The van der Waals surface area contributed by atoms with Gasteiger partial charge < -0.3 is 5.32 Å². The summed E-state index contributed by atoms with van der Waals surface area (Å²) in [5.41, 5.74) is 1.63.